The molecule has 166 valence electrons. The van der Waals surface area contributed by atoms with Gasteiger partial charge < -0.3 is 24.8 Å². The van der Waals surface area contributed by atoms with Crippen LogP contribution in [0.3, 0.4) is 0 Å². The Balaban J connectivity index is 1.46. The van der Waals surface area contributed by atoms with Gasteiger partial charge in [-0.2, -0.15) is 0 Å². The highest BCUT2D eigenvalue weighted by atomic mass is 19.1. The molecule has 1 aromatic carbocycles. The normalized spacial score (nSPS) is 22.8. The van der Waals surface area contributed by atoms with Crippen molar-refractivity contribution in [3.63, 3.8) is 0 Å². The number of aliphatic hydroxyl groups excluding tert-OH is 1. The van der Waals surface area contributed by atoms with E-state index in [9.17, 15) is 19.1 Å². The topological polar surface area (TPSA) is 91.3 Å². The largest absolute Gasteiger partial charge is 0.484 e. The summed E-state index contributed by atoms with van der Waals surface area (Å²) in [6.07, 6.45) is 1.36. The van der Waals surface area contributed by atoms with Crippen LogP contribution in [0.25, 0.3) is 0 Å². The standard InChI is InChI=1S/C21H30FN3O5/c1-29-11-8-23-21(28)19-12-17(26)13-25(19)16-6-9-24(10-7-16)20(27)14-30-18-4-2-15(22)3-5-18/h2-5,16-17,19,26H,6-14H2,1H3,(H,23,28)/t17-,19+/m1/s1. The fourth-order valence-corrected chi connectivity index (χ4v) is 4.11. The van der Waals surface area contributed by atoms with Crippen LogP contribution in [-0.2, 0) is 14.3 Å². The number of benzene rings is 1. The number of nitrogens with one attached hydrogen (secondary N) is 1. The second-order valence-corrected chi connectivity index (χ2v) is 7.74. The second kappa shape index (κ2) is 10.7. The molecule has 2 atom stereocenters. The van der Waals surface area contributed by atoms with Gasteiger partial charge in [0.25, 0.3) is 5.91 Å². The molecule has 1 aromatic rings. The molecule has 0 bridgehead atoms. The molecule has 2 amide bonds. The highest BCUT2D eigenvalue weighted by Crippen LogP contribution is 2.26. The van der Waals surface area contributed by atoms with E-state index in [-0.39, 0.29) is 36.3 Å². The lowest BCUT2D eigenvalue weighted by molar-refractivity contribution is -0.136. The summed E-state index contributed by atoms with van der Waals surface area (Å²) in [6.45, 7) is 2.40. The van der Waals surface area contributed by atoms with Crippen LogP contribution in [0.1, 0.15) is 19.3 Å². The van der Waals surface area contributed by atoms with Crippen molar-refractivity contribution in [3.05, 3.63) is 30.1 Å². The number of rotatable bonds is 8. The van der Waals surface area contributed by atoms with E-state index in [2.05, 4.69) is 10.2 Å². The van der Waals surface area contributed by atoms with Gasteiger partial charge in [0.2, 0.25) is 5.91 Å². The molecular formula is C21H30FN3O5. The average molecular weight is 423 g/mol. The van der Waals surface area contributed by atoms with Gasteiger partial charge in [-0.15, -0.1) is 0 Å². The Bertz CT molecular complexity index is 709. The number of methoxy groups -OCH3 is 1. The number of halogens is 1. The van der Waals surface area contributed by atoms with Crippen molar-refractivity contribution in [2.75, 3.05) is 46.5 Å². The number of carbonyl (C=O) groups is 2. The van der Waals surface area contributed by atoms with Crippen LogP contribution >= 0.6 is 0 Å². The van der Waals surface area contributed by atoms with E-state index in [0.29, 0.717) is 45.0 Å². The number of amides is 2. The molecule has 3 rings (SSSR count). The highest BCUT2D eigenvalue weighted by Gasteiger charge is 2.40. The predicted molar refractivity (Wildman–Crippen MR) is 108 cm³/mol. The van der Waals surface area contributed by atoms with Crippen LogP contribution in [0.15, 0.2) is 24.3 Å². The summed E-state index contributed by atoms with van der Waals surface area (Å²) in [7, 11) is 1.58. The number of β-amino-alcohol motifs (C(OH)–C–C–N with tert-alkyl or cyclic N) is 1. The lowest BCUT2D eigenvalue weighted by Gasteiger charge is -2.38. The van der Waals surface area contributed by atoms with Gasteiger partial charge in [-0.05, 0) is 43.5 Å². The maximum Gasteiger partial charge on any atom is 0.260 e. The maximum atomic E-state index is 12.9. The third-order valence-electron chi connectivity index (χ3n) is 5.69. The van der Waals surface area contributed by atoms with Crippen molar-refractivity contribution in [1.29, 1.82) is 0 Å². The summed E-state index contributed by atoms with van der Waals surface area (Å²) in [5, 5.41) is 13.0. The van der Waals surface area contributed by atoms with Gasteiger partial charge in [0.15, 0.2) is 6.61 Å². The maximum absolute atomic E-state index is 12.9. The minimum absolute atomic E-state index is 0.0881. The molecule has 2 aliphatic rings. The van der Waals surface area contributed by atoms with Crippen molar-refractivity contribution in [1.82, 2.24) is 15.1 Å². The molecule has 2 heterocycles. The molecule has 0 aliphatic carbocycles. The van der Waals surface area contributed by atoms with E-state index < -0.39 is 6.10 Å². The molecule has 8 nitrogen and oxygen atoms in total. The van der Waals surface area contributed by atoms with Crippen LogP contribution < -0.4 is 10.1 Å². The zero-order valence-electron chi connectivity index (χ0n) is 17.3. The smallest absolute Gasteiger partial charge is 0.260 e. The molecule has 2 aliphatic heterocycles. The fraction of sp³-hybridized carbons (Fsp3) is 0.619. The van der Waals surface area contributed by atoms with Crippen LogP contribution in [0.5, 0.6) is 5.75 Å². The van der Waals surface area contributed by atoms with Crippen molar-refractivity contribution in [3.8, 4) is 5.75 Å². The molecule has 0 saturated carbocycles. The van der Waals surface area contributed by atoms with Gasteiger partial charge in [-0.3, -0.25) is 14.5 Å². The molecule has 0 unspecified atom stereocenters. The summed E-state index contributed by atoms with van der Waals surface area (Å²) in [5.74, 6) is -0.107. The van der Waals surface area contributed by atoms with E-state index in [4.69, 9.17) is 9.47 Å². The second-order valence-electron chi connectivity index (χ2n) is 7.74. The van der Waals surface area contributed by atoms with Crippen LogP contribution in [0.2, 0.25) is 0 Å². The number of nitrogens with zero attached hydrogens (tertiary/aromatic N) is 2. The van der Waals surface area contributed by atoms with Crippen molar-refractivity contribution in [2.24, 2.45) is 0 Å². The zero-order chi connectivity index (χ0) is 21.5. The van der Waals surface area contributed by atoms with E-state index in [0.717, 1.165) is 12.8 Å². The Kier molecular flexibility index (Phi) is 8.01. The number of piperidine rings is 1. The lowest BCUT2D eigenvalue weighted by atomic mass is 10.0. The Morgan fingerprint density at radius 1 is 1.23 bits per heavy atom. The van der Waals surface area contributed by atoms with Crippen LogP contribution in [-0.4, -0.2) is 91.4 Å². The van der Waals surface area contributed by atoms with E-state index in [1.807, 2.05) is 0 Å². The Hall–Kier alpha value is -2.23. The zero-order valence-corrected chi connectivity index (χ0v) is 17.3. The lowest BCUT2D eigenvalue weighted by Crippen LogP contribution is -2.52. The Morgan fingerprint density at radius 2 is 1.93 bits per heavy atom. The summed E-state index contributed by atoms with van der Waals surface area (Å²) in [4.78, 5) is 28.8. The summed E-state index contributed by atoms with van der Waals surface area (Å²) in [6, 6.07) is 5.35. The first-order valence-corrected chi connectivity index (χ1v) is 10.3. The number of aliphatic hydroxyl groups is 1. The first kappa shape index (κ1) is 22.5. The average Bonchev–Trinajstić information content (AvgIpc) is 3.15. The molecule has 2 fully saturated rings. The molecular weight excluding hydrogens is 393 g/mol. The fourth-order valence-electron chi connectivity index (χ4n) is 4.11. The Labute approximate surface area is 175 Å². The third-order valence-corrected chi connectivity index (χ3v) is 5.69. The molecule has 2 saturated heterocycles. The number of hydrogen-bond donors (Lipinski definition) is 2. The van der Waals surface area contributed by atoms with Crippen molar-refractivity contribution in [2.45, 2.75) is 37.5 Å². The number of likely N-dealkylation sites (tertiary alicyclic amines) is 2. The van der Waals surface area contributed by atoms with E-state index in [1.54, 1.807) is 12.0 Å². The summed E-state index contributed by atoms with van der Waals surface area (Å²) in [5.41, 5.74) is 0. The van der Waals surface area contributed by atoms with Crippen LogP contribution in [0.4, 0.5) is 4.39 Å². The first-order chi connectivity index (χ1) is 14.5. The van der Waals surface area contributed by atoms with Crippen molar-refractivity contribution < 1.29 is 28.6 Å². The molecule has 0 radical (unpaired) electrons. The molecule has 0 aromatic heterocycles. The molecule has 9 heteroatoms. The number of hydrogen-bond acceptors (Lipinski definition) is 6. The van der Waals surface area contributed by atoms with Gasteiger partial charge in [0.1, 0.15) is 11.6 Å². The van der Waals surface area contributed by atoms with Crippen molar-refractivity contribution >= 4 is 11.8 Å². The summed E-state index contributed by atoms with van der Waals surface area (Å²) >= 11 is 0. The Morgan fingerprint density at radius 3 is 2.60 bits per heavy atom. The SMILES string of the molecule is COCCNC(=O)[C@@H]1C[C@@H](O)CN1C1CCN(C(=O)COc2ccc(F)cc2)CC1. The minimum atomic E-state index is -0.521. The minimum Gasteiger partial charge on any atom is -0.484 e. The third kappa shape index (κ3) is 5.90. The summed E-state index contributed by atoms with van der Waals surface area (Å²) < 4.78 is 23.4. The van der Waals surface area contributed by atoms with Gasteiger partial charge in [-0.25, -0.2) is 4.39 Å². The van der Waals surface area contributed by atoms with Gasteiger partial charge in [-0.1, -0.05) is 0 Å². The number of ether oxygens (including phenoxy) is 2. The molecule has 2 N–H and O–H groups in total. The van der Waals surface area contributed by atoms with Gasteiger partial charge in [0.05, 0.1) is 18.8 Å². The van der Waals surface area contributed by atoms with Crippen LogP contribution in [0, 0.1) is 5.82 Å². The number of carbonyl (C=O) groups excluding carboxylic acids is 2. The first-order valence-electron chi connectivity index (χ1n) is 10.3. The van der Waals surface area contributed by atoms with E-state index >= 15 is 0 Å². The van der Waals surface area contributed by atoms with E-state index in [1.165, 1.54) is 24.3 Å². The highest BCUT2D eigenvalue weighted by molar-refractivity contribution is 5.82. The quantitative estimate of drug-likeness (QED) is 0.588. The van der Waals surface area contributed by atoms with Gasteiger partial charge >= 0.3 is 0 Å². The predicted octanol–water partition coefficient (Wildman–Crippen LogP) is 0.393. The monoisotopic (exact) mass is 423 g/mol. The molecule has 0 spiro atoms. The van der Waals surface area contributed by atoms with Gasteiger partial charge in [0, 0.05) is 39.3 Å². The molecule has 30 heavy (non-hydrogen) atoms.